The third kappa shape index (κ3) is 4.10. The molecule has 2 aromatic carbocycles. The number of carbonyl (C=O) groups excluding carboxylic acids is 1. The van der Waals surface area contributed by atoms with E-state index in [1.54, 1.807) is 19.9 Å². The number of hydrogen-bond donors (Lipinski definition) is 1. The van der Waals surface area contributed by atoms with E-state index < -0.39 is 11.0 Å². The fourth-order valence-corrected chi connectivity index (χ4v) is 2.30. The van der Waals surface area contributed by atoms with Crippen LogP contribution in [-0.4, -0.2) is 16.9 Å². The molecule has 0 radical (unpaired) electrons. The Labute approximate surface area is 140 Å². The van der Waals surface area contributed by atoms with Crippen molar-refractivity contribution >= 4 is 17.3 Å². The summed E-state index contributed by atoms with van der Waals surface area (Å²) in [6.45, 7) is 7.19. The van der Waals surface area contributed by atoms with E-state index in [0.29, 0.717) is 5.69 Å². The summed E-state index contributed by atoms with van der Waals surface area (Å²) < 4.78 is 5.51. The van der Waals surface area contributed by atoms with Crippen LogP contribution >= 0.6 is 0 Å². The lowest BCUT2D eigenvalue weighted by Gasteiger charge is -2.16. The summed E-state index contributed by atoms with van der Waals surface area (Å²) in [5.41, 5.74) is 3.34. The van der Waals surface area contributed by atoms with Crippen LogP contribution in [0.4, 0.5) is 11.4 Å². The Balaban J connectivity index is 2.13. The Kier molecular flexibility index (Phi) is 5.18. The van der Waals surface area contributed by atoms with Crippen LogP contribution in [0.5, 0.6) is 5.75 Å². The Morgan fingerprint density at radius 3 is 2.38 bits per heavy atom. The molecule has 0 saturated heterocycles. The van der Waals surface area contributed by atoms with Gasteiger partial charge in [-0.1, -0.05) is 23.8 Å². The number of nitrogens with one attached hydrogen (secondary N) is 1. The second-order valence-corrected chi connectivity index (χ2v) is 5.80. The van der Waals surface area contributed by atoms with Gasteiger partial charge in [0.05, 0.1) is 4.92 Å². The van der Waals surface area contributed by atoms with Crippen molar-refractivity contribution < 1.29 is 14.5 Å². The van der Waals surface area contributed by atoms with Crippen LogP contribution in [0, 0.1) is 30.9 Å². The smallest absolute Gasteiger partial charge is 0.311 e. The topological polar surface area (TPSA) is 81.5 Å². The number of ether oxygens (including phenoxy) is 1. The average molecular weight is 328 g/mol. The van der Waals surface area contributed by atoms with Gasteiger partial charge in [-0.25, -0.2) is 0 Å². The van der Waals surface area contributed by atoms with Gasteiger partial charge in [0.1, 0.15) is 0 Å². The number of anilines is 1. The van der Waals surface area contributed by atoms with Gasteiger partial charge in [-0.2, -0.15) is 0 Å². The molecule has 0 saturated carbocycles. The molecule has 0 spiro atoms. The quantitative estimate of drug-likeness (QED) is 0.666. The molecule has 0 aliphatic heterocycles. The minimum absolute atomic E-state index is 0.0777. The van der Waals surface area contributed by atoms with Crippen LogP contribution in [-0.2, 0) is 4.79 Å². The van der Waals surface area contributed by atoms with Crippen LogP contribution in [0.3, 0.4) is 0 Å². The predicted molar refractivity (Wildman–Crippen MR) is 92.5 cm³/mol. The number of amides is 1. The predicted octanol–water partition coefficient (Wildman–Crippen LogP) is 3.93. The van der Waals surface area contributed by atoms with Gasteiger partial charge in [-0.3, -0.25) is 14.9 Å². The normalized spacial score (nSPS) is 11.7. The molecule has 0 unspecified atom stereocenters. The first kappa shape index (κ1) is 17.5. The number of hydrogen-bond acceptors (Lipinski definition) is 4. The standard InChI is InChI=1S/C18H20N2O4/c1-11-5-7-15(13(3)9-11)19-18(21)14(4)24-17-8-6-12(2)10-16(17)20(22)23/h5-10,14H,1-4H3,(H,19,21)/t14-/m0/s1. The molecule has 2 rings (SSSR count). The highest BCUT2D eigenvalue weighted by Crippen LogP contribution is 2.28. The molecular formula is C18H20N2O4. The molecule has 2 aromatic rings. The molecule has 1 N–H and O–H groups in total. The highest BCUT2D eigenvalue weighted by atomic mass is 16.6. The number of carbonyl (C=O) groups is 1. The van der Waals surface area contributed by atoms with E-state index in [4.69, 9.17) is 4.74 Å². The summed E-state index contributed by atoms with van der Waals surface area (Å²) in [6, 6.07) is 10.3. The second-order valence-electron chi connectivity index (χ2n) is 5.80. The van der Waals surface area contributed by atoms with Gasteiger partial charge < -0.3 is 10.1 Å². The van der Waals surface area contributed by atoms with Gasteiger partial charge in [-0.15, -0.1) is 0 Å². The molecular weight excluding hydrogens is 308 g/mol. The van der Waals surface area contributed by atoms with E-state index in [2.05, 4.69) is 5.32 Å². The number of benzene rings is 2. The van der Waals surface area contributed by atoms with E-state index in [9.17, 15) is 14.9 Å². The highest BCUT2D eigenvalue weighted by molar-refractivity contribution is 5.94. The maximum Gasteiger partial charge on any atom is 0.311 e. The maximum absolute atomic E-state index is 12.3. The first-order valence-corrected chi connectivity index (χ1v) is 7.57. The molecule has 0 aliphatic carbocycles. The monoisotopic (exact) mass is 328 g/mol. The van der Waals surface area contributed by atoms with Gasteiger partial charge in [0.15, 0.2) is 11.9 Å². The van der Waals surface area contributed by atoms with Gasteiger partial charge in [0, 0.05) is 11.8 Å². The Morgan fingerprint density at radius 2 is 1.75 bits per heavy atom. The van der Waals surface area contributed by atoms with Crippen LogP contribution in [0.25, 0.3) is 0 Å². The van der Waals surface area contributed by atoms with Crippen molar-refractivity contribution in [2.24, 2.45) is 0 Å². The number of aryl methyl sites for hydroxylation is 3. The first-order valence-electron chi connectivity index (χ1n) is 7.57. The van der Waals surface area contributed by atoms with Crippen molar-refractivity contribution in [2.75, 3.05) is 5.32 Å². The molecule has 6 heteroatoms. The zero-order chi connectivity index (χ0) is 17.9. The molecule has 1 amide bonds. The third-order valence-electron chi connectivity index (χ3n) is 3.62. The van der Waals surface area contributed by atoms with Crippen LogP contribution in [0.2, 0.25) is 0 Å². The van der Waals surface area contributed by atoms with Crippen molar-refractivity contribution in [1.29, 1.82) is 0 Å². The molecule has 1 atom stereocenters. The summed E-state index contributed by atoms with van der Waals surface area (Å²) >= 11 is 0. The largest absolute Gasteiger partial charge is 0.474 e. The minimum Gasteiger partial charge on any atom is -0.474 e. The Hall–Kier alpha value is -2.89. The summed E-state index contributed by atoms with van der Waals surface area (Å²) in [6.07, 6.45) is -0.868. The zero-order valence-electron chi connectivity index (χ0n) is 14.1. The van der Waals surface area contributed by atoms with Crippen LogP contribution in [0.15, 0.2) is 36.4 Å². The van der Waals surface area contributed by atoms with Crippen LogP contribution in [0.1, 0.15) is 23.6 Å². The van der Waals surface area contributed by atoms with Crippen molar-refractivity contribution in [3.8, 4) is 5.75 Å². The molecule has 0 aromatic heterocycles. The minimum atomic E-state index is -0.868. The molecule has 0 fully saturated rings. The first-order chi connectivity index (χ1) is 11.3. The Morgan fingerprint density at radius 1 is 1.12 bits per heavy atom. The van der Waals surface area contributed by atoms with Gasteiger partial charge in [0.2, 0.25) is 0 Å². The SMILES string of the molecule is Cc1ccc(NC(=O)[C@H](C)Oc2ccc(C)cc2[N+](=O)[O-])c(C)c1. The summed E-state index contributed by atoms with van der Waals surface area (Å²) in [5, 5.41) is 13.9. The molecule has 24 heavy (non-hydrogen) atoms. The van der Waals surface area contributed by atoms with E-state index in [0.717, 1.165) is 16.7 Å². The number of nitro groups is 1. The Bertz CT molecular complexity index is 787. The second kappa shape index (κ2) is 7.12. The van der Waals surface area contributed by atoms with Crippen molar-refractivity contribution in [2.45, 2.75) is 33.8 Å². The highest BCUT2D eigenvalue weighted by Gasteiger charge is 2.21. The number of rotatable bonds is 5. The fraction of sp³-hybridized carbons (Fsp3) is 0.278. The van der Waals surface area contributed by atoms with Crippen molar-refractivity contribution in [3.05, 3.63) is 63.2 Å². The van der Waals surface area contributed by atoms with Gasteiger partial charge in [0.25, 0.3) is 5.91 Å². The summed E-state index contributed by atoms with van der Waals surface area (Å²) in [5.74, 6) is -0.286. The lowest BCUT2D eigenvalue weighted by atomic mass is 10.1. The van der Waals surface area contributed by atoms with E-state index >= 15 is 0 Å². The lowest BCUT2D eigenvalue weighted by molar-refractivity contribution is -0.386. The molecule has 0 heterocycles. The number of nitro benzene ring substituents is 1. The number of nitrogens with zero attached hydrogens (tertiary/aromatic N) is 1. The molecule has 0 aliphatic rings. The summed E-state index contributed by atoms with van der Waals surface area (Å²) in [7, 11) is 0. The van der Waals surface area contributed by atoms with Crippen molar-refractivity contribution in [3.63, 3.8) is 0 Å². The molecule has 0 bridgehead atoms. The summed E-state index contributed by atoms with van der Waals surface area (Å²) in [4.78, 5) is 22.9. The van der Waals surface area contributed by atoms with E-state index in [-0.39, 0.29) is 17.3 Å². The van der Waals surface area contributed by atoms with Gasteiger partial charge in [-0.05, 0) is 51.0 Å². The lowest BCUT2D eigenvalue weighted by Crippen LogP contribution is -2.30. The van der Waals surface area contributed by atoms with E-state index in [1.165, 1.54) is 12.1 Å². The van der Waals surface area contributed by atoms with Gasteiger partial charge >= 0.3 is 5.69 Å². The zero-order valence-corrected chi connectivity index (χ0v) is 14.1. The average Bonchev–Trinajstić information content (AvgIpc) is 2.51. The maximum atomic E-state index is 12.3. The molecule has 126 valence electrons. The molecule has 6 nitrogen and oxygen atoms in total. The van der Waals surface area contributed by atoms with Crippen molar-refractivity contribution in [1.82, 2.24) is 0 Å². The van der Waals surface area contributed by atoms with E-state index in [1.807, 2.05) is 32.0 Å². The third-order valence-corrected chi connectivity index (χ3v) is 3.62. The fourth-order valence-electron chi connectivity index (χ4n) is 2.30. The van der Waals surface area contributed by atoms with Crippen LogP contribution < -0.4 is 10.1 Å².